The van der Waals surface area contributed by atoms with Crippen molar-refractivity contribution in [2.75, 3.05) is 0 Å². The molecule has 6 heavy (non-hydrogen) atoms. The molecule has 0 N–H and O–H groups in total. The minimum atomic E-state index is 0.187. The van der Waals surface area contributed by atoms with Gasteiger partial charge in [-0.25, -0.2) is 10.5 Å². The van der Waals surface area contributed by atoms with Crippen LogP contribution in [0.2, 0.25) is 0 Å². The maximum Gasteiger partial charge on any atom is 0.189 e. The predicted octanol–water partition coefficient (Wildman–Crippen LogP) is -0.728. The van der Waals surface area contributed by atoms with E-state index in [0.717, 1.165) is 0 Å². The van der Waals surface area contributed by atoms with E-state index in [-0.39, 0.29) is 18.1 Å². The number of nitriles is 2. The van der Waals surface area contributed by atoms with Crippen LogP contribution in [0.15, 0.2) is 0 Å². The van der Waals surface area contributed by atoms with Crippen LogP contribution in [0.1, 0.15) is 0 Å². The molecule has 0 aliphatic rings. The molecule has 0 fully saturated rings. The minimum absolute atomic E-state index is 0.187. The highest BCUT2D eigenvalue weighted by Gasteiger charge is 1.81. The van der Waals surface area contributed by atoms with Crippen LogP contribution in [0, 0.1) is 21.9 Å². The smallest absolute Gasteiger partial charge is 0.189 e. The van der Waals surface area contributed by atoms with E-state index < -0.39 is 0 Å². The average molecular weight is 108 g/mol. The van der Waals surface area contributed by atoms with Crippen LogP contribution >= 0.6 is 0 Å². The first-order valence-corrected chi connectivity index (χ1v) is 4.20. The van der Waals surface area contributed by atoms with Crippen LogP contribution in [-0.2, 0) is 0 Å². The molecule has 0 aliphatic carbocycles. The lowest BCUT2D eigenvalue weighted by Gasteiger charge is -1.56. The monoisotopic (exact) mass is 108 g/mol. The Morgan fingerprint density at radius 3 is 1.50 bits per heavy atom. The van der Waals surface area contributed by atoms with E-state index in [2.05, 4.69) is 0 Å². The van der Waals surface area contributed by atoms with E-state index in [1.807, 2.05) is 11.4 Å². The third-order valence-corrected chi connectivity index (χ3v) is 1.57. The maximum atomic E-state index is 7.82. The molecule has 0 atom stereocenters. The van der Waals surface area contributed by atoms with Gasteiger partial charge in [0.1, 0.15) is 0 Å². The van der Waals surface area contributed by atoms with Crippen molar-refractivity contribution in [1.29, 1.82) is 10.5 Å². The lowest BCUT2D eigenvalue weighted by atomic mass is 11.8. The minimum Gasteiger partial charge on any atom is -0.208 e. The fourth-order valence-electron chi connectivity index (χ4n) is 0.0559. The van der Waals surface area contributed by atoms with Crippen molar-refractivity contribution in [2.24, 2.45) is 0 Å². The van der Waals surface area contributed by atoms with E-state index >= 15 is 0 Å². The SMILES string of the molecule is N#C[Si][Si]C#N. The lowest BCUT2D eigenvalue weighted by Crippen LogP contribution is -1.94. The molecular weight excluding hydrogens is 108 g/mol. The Labute approximate surface area is 40.8 Å². The third-order valence-electron chi connectivity index (χ3n) is 0.174. The molecule has 0 saturated carbocycles. The molecular formula is C2N2Si2. The van der Waals surface area contributed by atoms with Gasteiger partial charge in [0.05, 0.1) is 0 Å². The average Bonchev–Trinajstić information content (AvgIpc) is 1.61. The molecule has 2 nitrogen and oxygen atoms in total. The van der Waals surface area contributed by atoms with E-state index in [0.29, 0.717) is 0 Å². The van der Waals surface area contributed by atoms with Crippen molar-refractivity contribution < 1.29 is 0 Å². The standard InChI is InChI=1S/C2N2Si2/c3-1-5-6-2-4. The van der Waals surface area contributed by atoms with Gasteiger partial charge >= 0.3 is 0 Å². The normalized spacial score (nSPS) is 5.67. The summed E-state index contributed by atoms with van der Waals surface area (Å²) >= 11 is 0. The molecule has 0 aromatic heterocycles. The predicted molar refractivity (Wildman–Crippen MR) is 22.7 cm³/mol. The Kier molecular flexibility index (Phi) is 3.98. The number of hydrogen-bond acceptors (Lipinski definition) is 2. The second-order valence-electron chi connectivity index (χ2n) is 0.474. The lowest BCUT2D eigenvalue weighted by molar-refractivity contribution is 1.56. The number of hydrogen-bond donors (Lipinski definition) is 0. The Bertz CT molecular complexity index is 83.1. The van der Waals surface area contributed by atoms with Crippen LogP contribution in [0.5, 0.6) is 0 Å². The first-order chi connectivity index (χ1) is 2.91. The van der Waals surface area contributed by atoms with E-state index in [9.17, 15) is 0 Å². The van der Waals surface area contributed by atoms with Gasteiger partial charge < -0.3 is 0 Å². The zero-order valence-electron chi connectivity index (χ0n) is 2.89. The summed E-state index contributed by atoms with van der Waals surface area (Å²) in [5.74, 6) is 0. The molecule has 4 radical (unpaired) electrons. The number of rotatable bonds is 1. The van der Waals surface area contributed by atoms with Crippen molar-refractivity contribution >= 4 is 18.1 Å². The van der Waals surface area contributed by atoms with Crippen molar-refractivity contribution in [3.05, 3.63) is 0 Å². The van der Waals surface area contributed by atoms with Gasteiger partial charge in [-0.15, -0.1) is 0 Å². The molecule has 0 aliphatic heterocycles. The quantitative estimate of drug-likeness (QED) is 0.328. The summed E-state index contributed by atoms with van der Waals surface area (Å²) in [6, 6.07) is 0. The molecule has 0 aromatic rings. The zero-order chi connectivity index (χ0) is 4.83. The van der Waals surface area contributed by atoms with Crippen LogP contribution < -0.4 is 0 Å². The van der Waals surface area contributed by atoms with Crippen molar-refractivity contribution in [2.45, 2.75) is 0 Å². The summed E-state index contributed by atoms with van der Waals surface area (Å²) in [7, 11) is 0.374. The summed E-state index contributed by atoms with van der Waals surface area (Å²) in [4.78, 5) is 0. The summed E-state index contributed by atoms with van der Waals surface area (Å²) in [5.41, 5.74) is 3.77. The fourth-order valence-corrected chi connectivity index (χ4v) is 0.503. The van der Waals surface area contributed by atoms with E-state index in [1.165, 1.54) is 0 Å². The van der Waals surface area contributed by atoms with Crippen LogP contribution in [-0.4, -0.2) is 18.1 Å². The van der Waals surface area contributed by atoms with Crippen molar-refractivity contribution in [1.82, 2.24) is 0 Å². The molecule has 4 heteroatoms. The molecule has 0 rings (SSSR count). The first kappa shape index (κ1) is 5.41. The molecule has 0 amide bonds. The highest BCUT2D eigenvalue weighted by Crippen LogP contribution is 1.45. The van der Waals surface area contributed by atoms with Gasteiger partial charge in [-0.2, -0.15) is 0 Å². The topological polar surface area (TPSA) is 47.6 Å². The Morgan fingerprint density at radius 2 is 1.33 bits per heavy atom. The second-order valence-corrected chi connectivity index (χ2v) is 2.92. The molecule has 0 aromatic carbocycles. The zero-order valence-corrected chi connectivity index (χ0v) is 4.89. The van der Waals surface area contributed by atoms with Gasteiger partial charge in [-0.3, -0.25) is 0 Å². The highest BCUT2D eigenvalue weighted by molar-refractivity contribution is 7.07. The summed E-state index contributed by atoms with van der Waals surface area (Å²) in [6.07, 6.45) is 0. The van der Waals surface area contributed by atoms with Crippen molar-refractivity contribution in [3.8, 4) is 11.4 Å². The third kappa shape index (κ3) is 3.41. The van der Waals surface area contributed by atoms with Gasteiger partial charge in [-0.05, 0) is 0 Å². The van der Waals surface area contributed by atoms with Gasteiger partial charge in [0.15, 0.2) is 18.1 Å². The molecule has 0 heterocycles. The van der Waals surface area contributed by atoms with Crippen LogP contribution in [0.4, 0.5) is 0 Å². The Hall–Kier alpha value is -0.586. The highest BCUT2D eigenvalue weighted by atomic mass is 29.1. The summed E-state index contributed by atoms with van der Waals surface area (Å²) in [6.45, 7) is 0. The second kappa shape index (κ2) is 4.41. The first-order valence-electron chi connectivity index (χ1n) is 1.20. The van der Waals surface area contributed by atoms with Crippen LogP contribution in [0.3, 0.4) is 0 Å². The van der Waals surface area contributed by atoms with Gasteiger partial charge in [0, 0.05) is 11.4 Å². The van der Waals surface area contributed by atoms with Crippen LogP contribution in [0.25, 0.3) is 0 Å². The van der Waals surface area contributed by atoms with Gasteiger partial charge in [-0.1, -0.05) is 0 Å². The van der Waals surface area contributed by atoms with Gasteiger partial charge in [0.2, 0.25) is 0 Å². The Morgan fingerprint density at radius 1 is 1.00 bits per heavy atom. The molecule has 0 saturated heterocycles. The molecule has 0 spiro atoms. The van der Waals surface area contributed by atoms with Crippen molar-refractivity contribution in [3.63, 3.8) is 0 Å². The summed E-state index contributed by atoms with van der Waals surface area (Å²) in [5, 5.41) is 15.6. The fraction of sp³-hybridized carbons (Fsp3) is 0. The molecule has 0 unspecified atom stereocenters. The summed E-state index contributed by atoms with van der Waals surface area (Å²) < 4.78 is 0. The largest absolute Gasteiger partial charge is 0.208 e. The molecule has 0 bridgehead atoms. The van der Waals surface area contributed by atoms with E-state index in [1.54, 1.807) is 0 Å². The van der Waals surface area contributed by atoms with E-state index in [4.69, 9.17) is 10.5 Å². The number of nitrogens with zero attached hydrogens (tertiary/aromatic N) is 2. The Balaban J connectivity index is 2.78. The van der Waals surface area contributed by atoms with Gasteiger partial charge in [0.25, 0.3) is 0 Å². The maximum absolute atomic E-state index is 7.82. The molecule has 26 valence electrons.